The molecule has 1 unspecified atom stereocenters. The molecule has 1 fully saturated rings. The zero-order chi connectivity index (χ0) is 21.8. The van der Waals surface area contributed by atoms with Crippen molar-refractivity contribution in [3.05, 3.63) is 35.9 Å². The van der Waals surface area contributed by atoms with Crippen molar-refractivity contribution in [2.24, 2.45) is 11.5 Å². The SMILES string of the molecule is CN(C)c1cccc(-c2cc(C(=O)OC3CCCN(C(N)=O)C3)c(NC(N)=O)s2)c1. The van der Waals surface area contributed by atoms with Crippen LogP contribution in [0.25, 0.3) is 10.4 Å². The standard InChI is InChI=1S/C20H25N5O4S/c1-24(2)13-6-3-5-12(9-13)16-10-15(17(30-16)23-19(21)27)18(26)29-14-7-4-8-25(11-14)20(22)28/h3,5-6,9-10,14H,4,7-8,11H2,1-2H3,(H2,22,28)(H3,21,23,27). The van der Waals surface area contributed by atoms with Crippen LogP contribution < -0.4 is 21.7 Å². The third-order valence-corrected chi connectivity index (χ3v) is 5.90. The molecule has 1 aliphatic rings. The number of amides is 4. The Bertz CT molecular complexity index is 958. The summed E-state index contributed by atoms with van der Waals surface area (Å²) in [6, 6.07) is 8.19. The first-order chi connectivity index (χ1) is 14.2. The zero-order valence-electron chi connectivity index (χ0n) is 16.9. The van der Waals surface area contributed by atoms with Crippen molar-refractivity contribution in [1.29, 1.82) is 0 Å². The van der Waals surface area contributed by atoms with E-state index < -0.39 is 24.1 Å². The Morgan fingerprint density at radius 3 is 2.67 bits per heavy atom. The van der Waals surface area contributed by atoms with Crippen molar-refractivity contribution in [2.75, 3.05) is 37.4 Å². The quantitative estimate of drug-likeness (QED) is 0.627. The first-order valence-electron chi connectivity index (χ1n) is 9.48. The van der Waals surface area contributed by atoms with Gasteiger partial charge in [0.05, 0.1) is 12.1 Å². The van der Waals surface area contributed by atoms with Gasteiger partial charge in [-0.2, -0.15) is 0 Å². The van der Waals surface area contributed by atoms with Crippen LogP contribution in [0.15, 0.2) is 30.3 Å². The number of piperidine rings is 1. The molecular formula is C20H25N5O4S. The van der Waals surface area contributed by atoms with Gasteiger partial charge in [0.2, 0.25) is 0 Å². The molecule has 3 rings (SSSR count). The number of nitrogens with zero attached hydrogens (tertiary/aromatic N) is 2. The molecule has 1 atom stereocenters. The van der Waals surface area contributed by atoms with E-state index in [1.54, 1.807) is 6.07 Å². The lowest BCUT2D eigenvalue weighted by atomic mass is 10.1. The molecule has 1 saturated heterocycles. The fourth-order valence-corrected chi connectivity index (χ4v) is 4.32. The summed E-state index contributed by atoms with van der Waals surface area (Å²) in [6.45, 7) is 0.796. The number of nitrogens with one attached hydrogen (secondary N) is 1. The van der Waals surface area contributed by atoms with E-state index in [-0.39, 0.29) is 12.1 Å². The monoisotopic (exact) mass is 431 g/mol. The molecule has 0 aliphatic carbocycles. The summed E-state index contributed by atoms with van der Waals surface area (Å²) < 4.78 is 5.61. The number of anilines is 2. The predicted molar refractivity (Wildman–Crippen MR) is 117 cm³/mol. The molecule has 1 aliphatic heterocycles. The van der Waals surface area contributed by atoms with Crippen molar-refractivity contribution in [3.63, 3.8) is 0 Å². The van der Waals surface area contributed by atoms with Crippen LogP contribution in [-0.2, 0) is 4.74 Å². The highest BCUT2D eigenvalue weighted by molar-refractivity contribution is 7.20. The topological polar surface area (TPSA) is 131 Å². The van der Waals surface area contributed by atoms with Crippen molar-refractivity contribution in [2.45, 2.75) is 18.9 Å². The second kappa shape index (κ2) is 9.04. The molecule has 1 aromatic carbocycles. The number of benzene rings is 1. The van der Waals surface area contributed by atoms with Gasteiger partial charge < -0.3 is 26.0 Å². The van der Waals surface area contributed by atoms with Crippen LogP contribution in [-0.4, -0.2) is 56.2 Å². The number of ether oxygens (including phenoxy) is 1. The summed E-state index contributed by atoms with van der Waals surface area (Å²) >= 11 is 1.24. The number of thiophene rings is 1. The number of esters is 1. The molecule has 4 amide bonds. The fourth-order valence-electron chi connectivity index (χ4n) is 3.28. The van der Waals surface area contributed by atoms with Gasteiger partial charge in [-0.3, -0.25) is 5.32 Å². The first-order valence-corrected chi connectivity index (χ1v) is 10.3. The maximum atomic E-state index is 12.9. The molecule has 10 heteroatoms. The average Bonchev–Trinajstić information content (AvgIpc) is 3.11. The molecule has 0 bridgehead atoms. The van der Waals surface area contributed by atoms with E-state index in [1.807, 2.05) is 43.3 Å². The van der Waals surface area contributed by atoms with E-state index in [2.05, 4.69) is 5.32 Å². The molecular weight excluding hydrogens is 406 g/mol. The molecule has 5 N–H and O–H groups in total. The van der Waals surface area contributed by atoms with Gasteiger partial charge in [-0.25, -0.2) is 14.4 Å². The van der Waals surface area contributed by atoms with Gasteiger partial charge in [0.15, 0.2) is 0 Å². The molecule has 2 heterocycles. The number of hydrogen-bond donors (Lipinski definition) is 3. The van der Waals surface area contributed by atoms with Gasteiger partial charge >= 0.3 is 18.0 Å². The summed E-state index contributed by atoms with van der Waals surface area (Å²) in [4.78, 5) is 39.9. The van der Waals surface area contributed by atoms with Crippen molar-refractivity contribution in [3.8, 4) is 10.4 Å². The number of likely N-dealkylation sites (tertiary alicyclic amines) is 1. The molecule has 30 heavy (non-hydrogen) atoms. The van der Waals surface area contributed by atoms with Crippen LogP contribution >= 0.6 is 11.3 Å². The maximum absolute atomic E-state index is 12.9. The van der Waals surface area contributed by atoms with Gasteiger partial charge in [-0.1, -0.05) is 12.1 Å². The summed E-state index contributed by atoms with van der Waals surface area (Å²) in [7, 11) is 3.88. The highest BCUT2D eigenvalue weighted by Crippen LogP contribution is 2.37. The van der Waals surface area contributed by atoms with Crippen LogP contribution in [0.1, 0.15) is 23.2 Å². The molecule has 2 aromatic rings. The van der Waals surface area contributed by atoms with E-state index in [4.69, 9.17) is 16.2 Å². The van der Waals surface area contributed by atoms with Gasteiger partial charge in [0, 0.05) is 31.2 Å². The van der Waals surface area contributed by atoms with Gasteiger partial charge in [0.25, 0.3) is 0 Å². The van der Waals surface area contributed by atoms with Crippen LogP contribution in [0.4, 0.5) is 20.3 Å². The second-order valence-electron chi connectivity index (χ2n) is 7.24. The maximum Gasteiger partial charge on any atom is 0.341 e. The second-order valence-corrected chi connectivity index (χ2v) is 8.29. The Balaban J connectivity index is 1.86. The van der Waals surface area contributed by atoms with E-state index in [0.29, 0.717) is 24.4 Å². The Morgan fingerprint density at radius 1 is 1.23 bits per heavy atom. The van der Waals surface area contributed by atoms with Crippen LogP contribution in [0, 0.1) is 0 Å². The summed E-state index contributed by atoms with van der Waals surface area (Å²) in [6.07, 6.45) is 0.871. The Kier molecular flexibility index (Phi) is 6.46. The molecule has 0 spiro atoms. The van der Waals surface area contributed by atoms with Gasteiger partial charge in [0.1, 0.15) is 11.1 Å². The number of rotatable bonds is 5. The largest absolute Gasteiger partial charge is 0.457 e. The van der Waals surface area contributed by atoms with Gasteiger partial charge in [-0.05, 0) is 36.6 Å². The van der Waals surface area contributed by atoms with Gasteiger partial charge in [-0.15, -0.1) is 11.3 Å². The number of carbonyl (C=O) groups excluding carboxylic acids is 3. The summed E-state index contributed by atoms with van der Waals surface area (Å²) in [5.41, 5.74) is 12.7. The Hall–Kier alpha value is -3.27. The third kappa shape index (κ3) is 5.01. The lowest BCUT2D eigenvalue weighted by Gasteiger charge is -2.31. The number of carbonyl (C=O) groups is 3. The summed E-state index contributed by atoms with van der Waals surface area (Å²) in [5, 5.41) is 2.83. The van der Waals surface area contributed by atoms with E-state index in [1.165, 1.54) is 16.2 Å². The Labute approximate surface area is 178 Å². The molecule has 9 nitrogen and oxygen atoms in total. The minimum absolute atomic E-state index is 0.222. The van der Waals surface area contributed by atoms with Crippen molar-refractivity contribution < 1.29 is 19.1 Å². The Morgan fingerprint density at radius 2 is 2.00 bits per heavy atom. The van der Waals surface area contributed by atoms with E-state index in [9.17, 15) is 14.4 Å². The van der Waals surface area contributed by atoms with Crippen molar-refractivity contribution in [1.82, 2.24) is 4.90 Å². The normalized spacial score (nSPS) is 16.1. The number of hydrogen-bond acceptors (Lipinski definition) is 6. The number of primary amides is 2. The molecule has 1 aromatic heterocycles. The average molecular weight is 432 g/mol. The molecule has 160 valence electrons. The fraction of sp³-hybridized carbons (Fsp3) is 0.350. The lowest BCUT2D eigenvalue weighted by molar-refractivity contribution is 0.0129. The predicted octanol–water partition coefficient (Wildman–Crippen LogP) is 2.67. The highest BCUT2D eigenvalue weighted by Gasteiger charge is 2.27. The molecule has 0 saturated carbocycles. The summed E-state index contributed by atoms with van der Waals surface area (Å²) in [5.74, 6) is -0.582. The van der Waals surface area contributed by atoms with Crippen LogP contribution in [0.5, 0.6) is 0 Å². The van der Waals surface area contributed by atoms with Crippen LogP contribution in [0.2, 0.25) is 0 Å². The first kappa shape index (κ1) is 21.4. The third-order valence-electron chi connectivity index (χ3n) is 4.80. The zero-order valence-corrected chi connectivity index (χ0v) is 17.7. The minimum atomic E-state index is -0.767. The highest BCUT2D eigenvalue weighted by atomic mass is 32.1. The molecule has 0 radical (unpaired) electrons. The van der Waals surface area contributed by atoms with E-state index in [0.717, 1.165) is 16.1 Å². The van der Waals surface area contributed by atoms with E-state index >= 15 is 0 Å². The lowest BCUT2D eigenvalue weighted by Crippen LogP contribution is -2.46. The smallest absolute Gasteiger partial charge is 0.341 e. The number of urea groups is 2. The minimum Gasteiger partial charge on any atom is -0.457 e. The van der Waals surface area contributed by atoms with Crippen molar-refractivity contribution >= 4 is 40.1 Å². The number of nitrogens with two attached hydrogens (primary N) is 2. The van der Waals surface area contributed by atoms with Crippen LogP contribution in [0.3, 0.4) is 0 Å².